The molecule has 0 fully saturated rings. The van der Waals surface area contributed by atoms with E-state index in [9.17, 15) is 0 Å². The Kier molecular flexibility index (Phi) is 3.05. The first kappa shape index (κ1) is 15.2. The van der Waals surface area contributed by atoms with E-state index in [2.05, 4.69) is 97.4 Å². The lowest BCUT2D eigenvalue weighted by Crippen LogP contribution is -2.42. The molecule has 0 aliphatic carbocycles. The van der Waals surface area contributed by atoms with Crippen molar-refractivity contribution in [3.63, 3.8) is 0 Å². The predicted molar refractivity (Wildman–Crippen MR) is 107 cm³/mol. The number of nitrogens with one attached hydrogen (secondary N) is 1. The molecule has 3 aromatic carbocycles. The first-order valence-electron chi connectivity index (χ1n) is 9.01. The summed E-state index contributed by atoms with van der Waals surface area (Å²) in [5.41, 5.74) is 7.85. The Morgan fingerprint density at radius 3 is 2.38 bits per heavy atom. The number of para-hydroxylation sites is 1. The highest BCUT2D eigenvalue weighted by molar-refractivity contribution is 5.88. The normalized spacial score (nSPS) is 18.3. The fraction of sp³-hybridized carbons (Fsp3) is 0.174. The third-order valence-corrected chi connectivity index (χ3v) is 5.60. The molecular weight excluding hydrogens is 318 g/mol. The van der Waals surface area contributed by atoms with Crippen LogP contribution in [0.1, 0.15) is 23.6 Å². The molecule has 26 heavy (non-hydrogen) atoms. The molecule has 128 valence electrons. The Morgan fingerprint density at radius 2 is 1.58 bits per heavy atom. The molecule has 0 saturated heterocycles. The monoisotopic (exact) mass is 339 g/mol. The summed E-state index contributed by atoms with van der Waals surface area (Å²) >= 11 is 0. The third kappa shape index (κ3) is 1.97. The Morgan fingerprint density at radius 1 is 0.885 bits per heavy atom. The van der Waals surface area contributed by atoms with E-state index in [1.165, 1.54) is 16.7 Å². The van der Waals surface area contributed by atoms with Crippen LogP contribution in [0.5, 0.6) is 0 Å². The number of hydrogen-bond acceptors (Lipinski definition) is 2. The molecule has 4 aromatic rings. The summed E-state index contributed by atoms with van der Waals surface area (Å²) < 4.78 is 2.35. The number of imidazole rings is 1. The highest BCUT2D eigenvalue weighted by atomic mass is 15.3. The van der Waals surface area contributed by atoms with E-state index in [1.54, 1.807) is 0 Å². The second-order valence-electron chi connectivity index (χ2n) is 7.30. The summed E-state index contributed by atoms with van der Waals surface area (Å²) in [5.74, 6) is 1.02. The number of fused-ring (bicyclic) bond motifs is 5. The molecule has 1 aromatic heterocycles. The van der Waals surface area contributed by atoms with Crippen LogP contribution >= 0.6 is 0 Å². The van der Waals surface area contributed by atoms with Crippen LogP contribution < -0.4 is 5.32 Å². The van der Waals surface area contributed by atoms with Crippen LogP contribution in [0.25, 0.3) is 22.4 Å². The van der Waals surface area contributed by atoms with Crippen LogP contribution in [0.15, 0.2) is 66.7 Å². The first-order valence-corrected chi connectivity index (χ1v) is 9.01. The molecule has 1 atom stereocenters. The summed E-state index contributed by atoms with van der Waals surface area (Å²) in [7, 11) is 0. The molecule has 0 saturated carbocycles. The van der Waals surface area contributed by atoms with Crippen molar-refractivity contribution in [3.8, 4) is 11.4 Å². The summed E-state index contributed by atoms with van der Waals surface area (Å²) in [5, 5.41) is 3.78. The van der Waals surface area contributed by atoms with Crippen molar-refractivity contribution >= 4 is 16.7 Å². The summed E-state index contributed by atoms with van der Waals surface area (Å²) in [6.45, 7) is 6.55. The zero-order valence-corrected chi connectivity index (χ0v) is 15.2. The van der Waals surface area contributed by atoms with Crippen LogP contribution in [0, 0.1) is 13.8 Å². The second kappa shape index (κ2) is 5.21. The van der Waals surface area contributed by atoms with E-state index in [1.807, 2.05) is 0 Å². The van der Waals surface area contributed by atoms with Crippen LogP contribution in [0.3, 0.4) is 0 Å². The minimum absolute atomic E-state index is 0.401. The SMILES string of the molecule is Cc1cc2nc3n(c2cc1C)C(C)(c1ccccc1)Nc1ccccc1-3. The van der Waals surface area contributed by atoms with Crippen LogP contribution in [0.4, 0.5) is 5.69 Å². The van der Waals surface area contributed by atoms with Gasteiger partial charge in [0.25, 0.3) is 0 Å². The van der Waals surface area contributed by atoms with Gasteiger partial charge in [0.05, 0.1) is 11.0 Å². The average molecular weight is 339 g/mol. The number of aromatic nitrogens is 2. The average Bonchev–Trinajstić information content (AvgIpc) is 3.02. The van der Waals surface area contributed by atoms with Crippen molar-refractivity contribution in [1.82, 2.24) is 9.55 Å². The summed E-state index contributed by atoms with van der Waals surface area (Å²) in [6.07, 6.45) is 0. The van der Waals surface area contributed by atoms with E-state index in [-0.39, 0.29) is 0 Å². The number of nitrogens with zero attached hydrogens (tertiary/aromatic N) is 2. The van der Waals surface area contributed by atoms with Gasteiger partial charge in [0.2, 0.25) is 0 Å². The number of rotatable bonds is 1. The highest BCUT2D eigenvalue weighted by Crippen LogP contribution is 2.43. The largest absolute Gasteiger partial charge is 0.358 e. The maximum Gasteiger partial charge on any atom is 0.145 e. The molecule has 1 unspecified atom stereocenters. The van der Waals surface area contributed by atoms with E-state index in [0.717, 1.165) is 28.1 Å². The molecule has 1 N–H and O–H groups in total. The molecule has 0 spiro atoms. The fourth-order valence-corrected chi connectivity index (χ4v) is 4.04. The van der Waals surface area contributed by atoms with Gasteiger partial charge < -0.3 is 5.32 Å². The molecule has 0 radical (unpaired) electrons. The zero-order valence-electron chi connectivity index (χ0n) is 15.2. The molecule has 5 rings (SSSR count). The van der Waals surface area contributed by atoms with Crippen molar-refractivity contribution in [2.45, 2.75) is 26.4 Å². The maximum absolute atomic E-state index is 5.04. The van der Waals surface area contributed by atoms with Crippen LogP contribution in [0.2, 0.25) is 0 Å². The van der Waals surface area contributed by atoms with Gasteiger partial charge in [-0.3, -0.25) is 4.57 Å². The number of hydrogen-bond donors (Lipinski definition) is 1. The number of aryl methyl sites for hydroxylation is 2. The van der Waals surface area contributed by atoms with Gasteiger partial charge in [-0.05, 0) is 61.7 Å². The Labute approximate surface area is 153 Å². The highest BCUT2D eigenvalue weighted by Gasteiger charge is 2.37. The van der Waals surface area contributed by atoms with E-state index < -0.39 is 5.66 Å². The van der Waals surface area contributed by atoms with Gasteiger partial charge in [0, 0.05) is 11.3 Å². The van der Waals surface area contributed by atoms with E-state index >= 15 is 0 Å². The Bertz CT molecular complexity index is 1140. The van der Waals surface area contributed by atoms with Gasteiger partial charge in [-0.2, -0.15) is 0 Å². The summed E-state index contributed by atoms with van der Waals surface area (Å²) in [4.78, 5) is 5.04. The van der Waals surface area contributed by atoms with E-state index in [4.69, 9.17) is 4.98 Å². The maximum atomic E-state index is 5.04. The van der Waals surface area contributed by atoms with Gasteiger partial charge >= 0.3 is 0 Å². The Hall–Kier alpha value is -3.07. The minimum atomic E-state index is -0.401. The minimum Gasteiger partial charge on any atom is -0.358 e. The van der Waals surface area contributed by atoms with Gasteiger partial charge in [-0.25, -0.2) is 4.98 Å². The van der Waals surface area contributed by atoms with Gasteiger partial charge in [0.15, 0.2) is 0 Å². The van der Waals surface area contributed by atoms with Gasteiger partial charge in [-0.1, -0.05) is 42.5 Å². The van der Waals surface area contributed by atoms with Crippen molar-refractivity contribution < 1.29 is 0 Å². The molecule has 2 heterocycles. The lowest BCUT2D eigenvalue weighted by molar-refractivity contribution is 0.463. The second-order valence-corrected chi connectivity index (χ2v) is 7.30. The van der Waals surface area contributed by atoms with Crippen LogP contribution in [-0.2, 0) is 5.66 Å². The van der Waals surface area contributed by atoms with E-state index in [0.29, 0.717) is 0 Å². The topological polar surface area (TPSA) is 29.9 Å². The van der Waals surface area contributed by atoms with Gasteiger partial charge in [-0.15, -0.1) is 0 Å². The van der Waals surface area contributed by atoms with Crippen molar-refractivity contribution in [3.05, 3.63) is 83.4 Å². The third-order valence-electron chi connectivity index (χ3n) is 5.60. The number of anilines is 1. The molecule has 1 aliphatic heterocycles. The quantitative estimate of drug-likeness (QED) is 0.498. The lowest BCUT2D eigenvalue weighted by Gasteiger charge is -2.40. The summed E-state index contributed by atoms with van der Waals surface area (Å²) in [6, 6.07) is 23.5. The molecule has 0 amide bonds. The molecular formula is C23H21N3. The molecule has 1 aliphatic rings. The van der Waals surface area contributed by atoms with Gasteiger partial charge in [0.1, 0.15) is 11.5 Å². The zero-order chi connectivity index (χ0) is 17.9. The molecule has 3 heteroatoms. The van der Waals surface area contributed by atoms with Crippen molar-refractivity contribution in [2.75, 3.05) is 5.32 Å². The number of benzene rings is 3. The van der Waals surface area contributed by atoms with Crippen LogP contribution in [-0.4, -0.2) is 9.55 Å². The smallest absolute Gasteiger partial charge is 0.145 e. The lowest BCUT2D eigenvalue weighted by atomic mass is 9.95. The molecule has 0 bridgehead atoms. The molecule has 3 nitrogen and oxygen atoms in total. The predicted octanol–water partition coefficient (Wildman–Crippen LogP) is 5.47. The fourth-order valence-electron chi connectivity index (χ4n) is 4.04. The van der Waals surface area contributed by atoms with Crippen molar-refractivity contribution in [2.24, 2.45) is 0 Å². The standard InChI is InChI=1S/C23H21N3/c1-15-13-20-21(14-16(15)2)26-22(24-20)18-11-7-8-12-19(18)25-23(26,3)17-9-5-4-6-10-17/h4-14,25H,1-3H3. The first-order chi connectivity index (χ1) is 12.6. The Balaban J connectivity index is 1.92. The van der Waals surface area contributed by atoms with Crippen molar-refractivity contribution in [1.29, 1.82) is 0 Å².